The summed E-state index contributed by atoms with van der Waals surface area (Å²) in [4.78, 5) is 0. The molecule has 3 aliphatic rings. The lowest BCUT2D eigenvalue weighted by Gasteiger charge is -2.42. The Morgan fingerprint density at radius 3 is 2.50 bits per heavy atom. The van der Waals surface area contributed by atoms with Crippen LogP contribution < -0.4 is 5.32 Å². The molecule has 1 aliphatic heterocycles. The van der Waals surface area contributed by atoms with Gasteiger partial charge in [0, 0.05) is 6.54 Å². The van der Waals surface area contributed by atoms with Crippen molar-refractivity contribution in [2.45, 2.75) is 65.6 Å². The number of piperidine rings is 1. The number of ether oxygens (including phenoxy) is 1. The summed E-state index contributed by atoms with van der Waals surface area (Å²) in [6, 6.07) is 0. The molecule has 0 amide bonds. The van der Waals surface area contributed by atoms with Gasteiger partial charge in [-0.25, -0.2) is 0 Å². The van der Waals surface area contributed by atoms with E-state index < -0.39 is 0 Å². The zero-order chi connectivity index (χ0) is 13.0. The minimum absolute atomic E-state index is 0.419. The summed E-state index contributed by atoms with van der Waals surface area (Å²) < 4.78 is 6.60. The molecule has 2 nitrogen and oxygen atoms in total. The molecular weight excluding hydrogens is 222 g/mol. The summed E-state index contributed by atoms with van der Waals surface area (Å²) in [6.07, 6.45) is 6.29. The molecule has 2 aliphatic carbocycles. The Morgan fingerprint density at radius 2 is 1.94 bits per heavy atom. The van der Waals surface area contributed by atoms with Gasteiger partial charge in [0.25, 0.3) is 0 Å². The van der Waals surface area contributed by atoms with Crippen LogP contribution >= 0.6 is 0 Å². The van der Waals surface area contributed by atoms with Crippen LogP contribution in [0.2, 0.25) is 0 Å². The lowest BCUT2D eigenvalue weighted by molar-refractivity contribution is -0.110. The van der Waals surface area contributed by atoms with Gasteiger partial charge in [-0.3, -0.25) is 0 Å². The first-order chi connectivity index (χ1) is 8.45. The molecule has 2 bridgehead atoms. The number of hydrogen-bond acceptors (Lipinski definition) is 2. The van der Waals surface area contributed by atoms with E-state index in [1.54, 1.807) is 0 Å². The van der Waals surface area contributed by atoms with Gasteiger partial charge in [-0.2, -0.15) is 0 Å². The largest absolute Gasteiger partial charge is 0.374 e. The first-order valence-corrected chi connectivity index (χ1v) is 7.81. The van der Waals surface area contributed by atoms with E-state index in [2.05, 4.69) is 33.0 Å². The van der Waals surface area contributed by atoms with E-state index in [0.29, 0.717) is 29.0 Å². The topological polar surface area (TPSA) is 21.3 Å². The lowest BCUT2D eigenvalue weighted by atomic mass is 9.70. The summed E-state index contributed by atoms with van der Waals surface area (Å²) in [5.41, 5.74) is 0.899. The predicted molar refractivity (Wildman–Crippen MR) is 74.5 cm³/mol. The van der Waals surface area contributed by atoms with E-state index in [9.17, 15) is 0 Å². The maximum atomic E-state index is 6.60. The van der Waals surface area contributed by atoms with Crippen LogP contribution in [0.3, 0.4) is 0 Å². The van der Waals surface area contributed by atoms with Crippen molar-refractivity contribution < 1.29 is 4.74 Å². The Morgan fingerprint density at radius 1 is 1.17 bits per heavy atom. The minimum atomic E-state index is 0.419. The molecule has 0 aromatic rings. The Hall–Kier alpha value is -0.0800. The average molecular weight is 251 g/mol. The van der Waals surface area contributed by atoms with Gasteiger partial charge in [0.15, 0.2) is 0 Å². The van der Waals surface area contributed by atoms with Gasteiger partial charge in [0.2, 0.25) is 0 Å². The van der Waals surface area contributed by atoms with Crippen LogP contribution in [0, 0.1) is 22.7 Å². The maximum Gasteiger partial charge on any atom is 0.0640 e. The second kappa shape index (κ2) is 4.21. The van der Waals surface area contributed by atoms with Crippen LogP contribution in [0.25, 0.3) is 0 Å². The smallest absolute Gasteiger partial charge is 0.0640 e. The van der Waals surface area contributed by atoms with Crippen molar-refractivity contribution in [2.24, 2.45) is 22.7 Å². The summed E-state index contributed by atoms with van der Waals surface area (Å²) in [7, 11) is 0. The van der Waals surface area contributed by atoms with E-state index in [4.69, 9.17) is 4.74 Å². The predicted octanol–water partition coefficient (Wildman–Crippen LogP) is 3.22. The summed E-state index contributed by atoms with van der Waals surface area (Å²) in [5.74, 6) is 1.56. The Bertz CT molecular complexity index is 327. The van der Waals surface area contributed by atoms with Crippen LogP contribution in [-0.2, 0) is 4.74 Å². The van der Waals surface area contributed by atoms with E-state index in [1.165, 1.54) is 25.7 Å². The van der Waals surface area contributed by atoms with Gasteiger partial charge >= 0.3 is 0 Å². The second-order valence-electron chi connectivity index (χ2n) is 7.74. The quantitative estimate of drug-likeness (QED) is 0.813. The van der Waals surface area contributed by atoms with E-state index >= 15 is 0 Å². The van der Waals surface area contributed by atoms with Gasteiger partial charge in [0.05, 0.1) is 12.2 Å². The molecule has 5 atom stereocenters. The first kappa shape index (κ1) is 12.9. The molecule has 0 aromatic heterocycles. The van der Waals surface area contributed by atoms with Crippen molar-refractivity contribution in [3.05, 3.63) is 0 Å². The second-order valence-corrected chi connectivity index (χ2v) is 7.74. The Balaban J connectivity index is 1.71. The molecule has 0 aromatic carbocycles. The first-order valence-electron chi connectivity index (χ1n) is 7.81. The van der Waals surface area contributed by atoms with Crippen molar-refractivity contribution in [1.82, 2.24) is 5.32 Å². The standard InChI is InChI=1S/C16H29NO/c1-11-10-17-8-6-13(11)18-14-9-12-5-7-16(14,4)15(12,2)3/h11-14,17H,5-10H2,1-4H3. The molecular formula is C16H29NO. The van der Waals surface area contributed by atoms with E-state index in [1.807, 2.05) is 0 Å². The highest BCUT2D eigenvalue weighted by Crippen LogP contribution is 2.66. The van der Waals surface area contributed by atoms with Gasteiger partial charge in [-0.05, 0) is 54.9 Å². The van der Waals surface area contributed by atoms with Gasteiger partial charge in [-0.1, -0.05) is 27.7 Å². The van der Waals surface area contributed by atoms with Crippen molar-refractivity contribution in [1.29, 1.82) is 0 Å². The van der Waals surface area contributed by atoms with Crippen LogP contribution in [0.4, 0.5) is 0 Å². The molecule has 18 heavy (non-hydrogen) atoms. The average Bonchev–Trinajstić information content (AvgIpc) is 2.65. The molecule has 5 unspecified atom stereocenters. The molecule has 3 fully saturated rings. The van der Waals surface area contributed by atoms with Crippen LogP contribution in [0.1, 0.15) is 53.4 Å². The molecule has 1 heterocycles. The third kappa shape index (κ3) is 1.68. The third-order valence-electron chi connectivity index (χ3n) is 6.76. The Kier molecular flexibility index (Phi) is 3.02. The summed E-state index contributed by atoms with van der Waals surface area (Å²) in [5, 5.41) is 3.47. The van der Waals surface area contributed by atoms with Gasteiger partial charge in [-0.15, -0.1) is 0 Å². The van der Waals surface area contributed by atoms with Crippen LogP contribution in [0.15, 0.2) is 0 Å². The number of rotatable bonds is 2. The summed E-state index contributed by atoms with van der Waals surface area (Å²) >= 11 is 0. The summed E-state index contributed by atoms with van der Waals surface area (Å²) in [6.45, 7) is 12.0. The fourth-order valence-corrected chi connectivity index (χ4v) is 4.74. The zero-order valence-corrected chi connectivity index (χ0v) is 12.5. The van der Waals surface area contributed by atoms with E-state index in [0.717, 1.165) is 19.0 Å². The normalized spacial score (nSPS) is 50.7. The fourth-order valence-electron chi connectivity index (χ4n) is 4.74. The number of hydrogen-bond donors (Lipinski definition) is 1. The van der Waals surface area contributed by atoms with Gasteiger partial charge < -0.3 is 10.1 Å². The minimum Gasteiger partial charge on any atom is -0.374 e. The molecule has 0 radical (unpaired) electrons. The molecule has 3 rings (SSSR count). The molecule has 104 valence electrons. The lowest BCUT2D eigenvalue weighted by Crippen LogP contribution is -2.45. The highest BCUT2D eigenvalue weighted by Gasteiger charge is 2.62. The van der Waals surface area contributed by atoms with Crippen LogP contribution in [0.5, 0.6) is 0 Å². The number of nitrogens with one attached hydrogen (secondary N) is 1. The molecule has 2 heteroatoms. The molecule has 0 spiro atoms. The maximum absolute atomic E-state index is 6.60. The van der Waals surface area contributed by atoms with Crippen molar-refractivity contribution >= 4 is 0 Å². The monoisotopic (exact) mass is 251 g/mol. The number of fused-ring (bicyclic) bond motifs is 2. The van der Waals surface area contributed by atoms with Crippen molar-refractivity contribution in [3.63, 3.8) is 0 Å². The van der Waals surface area contributed by atoms with Crippen LogP contribution in [-0.4, -0.2) is 25.3 Å². The van der Waals surface area contributed by atoms with Crippen molar-refractivity contribution in [2.75, 3.05) is 13.1 Å². The fraction of sp³-hybridized carbons (Fsp3) is 1.00. The molecule has 1 N–H and O–H groups in total. The SMILES string of the molecule is CC1CNCCC1OC1CC2CCC1(C)C2(C)C. The molecule has 2 saturated carbocycles. The van der Waals surface area contributed by atoms with Gasteiger partial charge in [0.1, 0.15) is 0 Å². The van der Waals surface area contributed by atoms with E-state index in [-0.39, 0.29) is 0 Å². The highest BCUT2D eigenvalue weighted by molar-refractivity contribution is 5.11. The zero-order valence-electron chi connectivity index (χ0n) is 12.5. The molecule has 1 saturated heterocycles. The Labute approximate surface area is 112 Å². The highest BCUT2D eigenvalue weighted by atomic mass is 16.5. The van der Waals surface area contributed by atoms with Crippen molar-refractivity contribution in [3.8, 4) is 0 Å². The third-order valence-corrected chi connectivity index (χ3v) is 6.76.